The normalized spacial score (nSPS) is 14.8. The summed E-state index contributed by atoms with van der Waals surface area (Å²) in [5.41, 5.74) is 2.89. The Morgan fingerprint density at radius 2 is 1.33 bits per heavy atom. The minimum absolute atomic E-state index is 0.0625. The van der Waals surface area contributed by atoms with Crippen molar-refractivity contribution in [1.82, 2.24) is 15.1 Å². The number of aliphatic hydroxyl groups excluding tert-OH is 1. The molecule has 0 bridgehead atoms. The summed E-state index contributed by atoms with van der Waals surface area (Å²) in [4.78, 5) is 39.6. The van der Waals surface area contributed by atoms with E-state index >= 15 is 0 Å². The smallest absolute Gasteiger partial charge is 0.303 e. The van der Waals surface area contributed by atoms with E-state index in [-0.39, 0.29) is 29.9 Å². The van der Waals surface area contributed by atoms with Crippen LogP contribution in [0.25, 0.3) is 0 Å². The van der Waals surface area contributed by atoms with Gasteiger partial charge in [-0.25, -0.2) is 0 Å². The van der Waals surface area contributed by atoms with Crippen molar-refractivity contribution < 1.29 is 38.8 Å². The Morgan fingerprint density at radius 1 is 0.767 bits per heavy atom. The average Bonchev–Trinajstić information content (AvgIpc) is 3.18. The molecule has 0 amide bonds. The molecule has 0 saturated heterocycles. The lowest BCUT2D eigenvalue weighted by atomic mass is 9.78. The molecule has 2 saturated carbocycles. The van der Waals surface area contributed by atoms with Crippen LogP contribution in [0.15, 0.2) is 23.6 Å². The summed E-state index contributed by atoms with van der Waals surface area (Å²) >= 11 is 0. The fraction of sp³-hybridized carbons (Fsp3) is 0.857. The molecular weight excluding hydrogens is 759 g/mol. The van der Waals surface area contributed by atoms with Gasteiger partial charge in [-0.05, 0) is 116 Å². The highest BCUT2D eigenvalue weighted by molar-refractivity contribution is 5.87. The number of carbonyl (C=O) groups is 3. The molecular formula is C49H95N3O8. The van der Waals surface area contributed by atoms with E-state index in [0.717, 1.165) is 96.9 Å². The van der Waals surface area contributed by atoms with Gasteiger partial charge in [-0.15, -0.1) is 0 Å². The average molecular weight is 854 g/mol. The molecule has 2 aliphatic carbocycles. The van der Waals surface area contributed by atoms with Crippen LogP contribution in [0.5, 0.6) is 0 Å². The maximum atomic E-state index is 13.3. The second-order valence-electron chi connectivity index (χ2n) is 16.1. The number of rotatable bonds is 35. The molecule has 60 heavy (non-hydrogen) atoms. The number of aliphatic carboxylic acids is 1. The maximum absolute atomic E-state index is 13.3. The fourth-order valence-corrected chi connectivity index (χ4v) is 7.02. The summed E-state index contributed by atoms with van der Waals surface area (Å²) in [7, 11) is 0. The van der Waals surface area contributed by atoms with Crippen LogP contribution in [-0.4, -0.2) is 123 Å². The largest absolute Gasteiger partial charge is 0.512 e. The van der Waals surface area contributed by atoms with Crippen LogP contribution >= 0.6 is 0 Å². The zero-order valence-electron chi connectivity index (χ0n) is 40.6. The maximum Gasteiger partial charge on any atom is 0.303 e. The topological polar surface area (TPSA) is 138 Å². The summed E-state index contributed by atoms with van der Waals surface area (Å²) in [6.45, 7) is 32.2. The number of carboxylic acid groups (broad SMARTS) is 1. The molecule has 11 nitrogen and oxygen atoms in total. The molecule has 354 valence electrons. The molecule has 3 atom stereocenters. The third kappa shape index (κ3) is 30.7. The number of aliphatic hydroxyl groups is 1. The Hall–Kier alpha value is -2.31. The van der Waals surface area contributed by atoms with Crippen molar-refractivity contribution in [2.45, 2.75) is 178 Å². The number of nitrogens with one attached hydrogen (secondary N) is 1. The van der Waals surface area contributed by atoms with Gasteiger partial charge < -0.3 is 29.7 Å². The molecule has 0 aromatic heterocycles. The van der Waals surface area contributed by atoms with Gasteiger partial charge in [0.15, 0.2) is 5.78 Å². The minimum atomic E-state index is -0.727. The van der Waals surface area contributed by atoms with Gasteiger partial charge in [-0.1, -0.05) is 93.7 Å². The van der Waals surface area contributed by atoms with Crippen molar-refractivity contribution in [3.63, 3.8) is 0 Å². The van der Waals surface area contributed by atoms with Crippen molar-refractivity contribution in [2.24, 2.45) is 17.8 Å². The number of ketones is 2. The third-order valence-corrected chi connectivity index (χ3v) is 11.2. The highest BCUT2D eigenvalue weighted by Gasteiger charge is 2.34. The second kappa shape index (κ2) is 40.7. The Labute approximate surface area is 368 Å². The summed E-state index contributed by atoms with van der Waals surface area (Å²) in [6, 6.07) is 0.0625. The van der Waals surface area contributed by atoms with E-state index in [1.54, 1.807) is 6.92 Å². The van der Waals surface area contributed by atoms with Gasteiger partial charge in [0, 0.05) is 31.0 Å². The van der Waals surface area contributed by atoms with Crippen LogP contribution in [0.4, 0.5) is 0 Å². The number of hydrogen-bond acceptors (Lipinski definition) is 10. The van der Waals surface area contributed by atoms with Gasteiger partial charge in [-0.2, -0.15) is 0 Å². The molecule has 0 aromatic rings. The van der Waals surface area contributed by atoms with Crippen LogP contribution in [0.2, 0.25) is 0 Å². The molecule has 3 unspecified atom stereocenters. The first kappa shape index (κ1) is 59.8. The van der Waals surface area contributed by atoms with Crippen molar-refractivity contribution in [3.05, 3.63) is 23.6 Å². The van der Waals surface area contributed by atoms with Crippen molar-refractivity contribution in [1.29, 1.82) is 0 Å². The molecule has 0 heterocycles. The predicted octanol–water partition coefficient (Wildman–Crippen LogP) is 10.4. The molecule has 11 heteroatoms. The Bertz CT molecular complexity index is 1100. The van der Waals surface area contributed by atoms with Gasteiger partial charge in [0.1, 0.15) is 5.78 Å². The molecule has 0 spiro atoms. The lowest BCUT2D eigenvalue weighted by molar-refractivity contribution is -0.138. The zero-order chi connectivity index (χ0) is 45.6. The van der Waals surface area contributed by atoms with E-state index in [9.17, 15) is 19.5 Å². The summed E-state index contributed by atoms with van der Waals surface area (Å²) in [6.07, 6.45) is 15.8. The van der Waals surface area contributed by atoms with Crippen molar-refractivity contribution in [2.75, 3.05) is 78.9 Å². The lowest BCUT2D eigenvalue weighted by Gasteiger charge is -2.36. The molecule has 3 N–H and O–H groups in total. The second-order valence-corrected chi connectivity index (χ2v) is 16.1. The number of carboxylic acids is 1. The summed E-state index contributed by atoms with van der Waals surface area (Å²) < 4.78 is 16.6. The number of nitrogens with zero attached hydrogens (tertiary/aromatic N) is 2. The third-order valence-electron chi connectivity index (χ3n) is 11.2. The first-order chi connectivity index (χ1) is 28.9. The first-order valence-corrected chi connectivity index (χ1v) is 24.2. The first-order valence-electron chi connectivity index (χ1n) is 24.2. The van der Waals surface area contributed by atoms with Gasteiger partial charge in [0.2, 0.25) is 0 Å². The lowest BCUT2D eigenvalue weighted by Crippen LogP contribution is -2.46. The number of ether oxygens (including phenoxy) is 3. The monoisotopic (exact) mass is 854 g/mol. The van der Waals surface area contributed by atoms with E-state index in [2.05, 4.69) is 49.4 Å². The van der Waals surface area contributed by atoms with E-state index in [1.165, 1.54) is 37.0 Å². The quantitative estimate of drug-likeness (QED) is 0.0415. The summed E-state index contributed by atoms with van der Waals surface area (Å²) in [5, 5.41) is 21.9. The molecule has 2 fully saturated rings. The molecule has 0 radical (unpaired) electrons. The Balaban J connectivity index is 0. The van der Waals surface area contributed by atoms with E-state index in [4.69, 9.17) is 19.3 Å². The van der Waals surface area contributed by atoms with Crippen LogP contribution in [-0.2, 0) is 28.6 Å². The van der Waals surface area contributed by atoms with Gasteiger partial charge in [0.05, 0.1) is 58.0 Å². The SMILES string of the molecule is C=C(O)CN(CCC(C)CC)CCC(CC)CC(=O)O.CC.CC.CCCN(CCC)C(CCC(NCCOCCOCCOCCC(C)=O)=C1CCC1)C(=O)C1CCC1. The fourth-order valence-electron chi connectivity index (χ4n) is 7.02. The molecule has 2 rings (SSSR count). The van der Waals surface area contributed by atoms with Gasteiger partial charge in [0.25, 0.3) is 0 Å². The molecule has 0 aromatic carbocycles. The predicted molar refractivity (Wildman–Crippen MR) is 250 cm³/mol. The van der Waals surface area contributed by atoms with Gasteiger partial charge in [-0.3, -0.25) is 24.2 Å². The van der Waals surface area contributed by atoms with Crippen LogP contribution in [0, 0.1) is 17.8 Å². The van der Waals surface area contributed by atoms with Crippen molar-refractivity contribution in [3.8, 4) is 0 Å². The van der Waals surface area contributed by atoms with Crippen LogP contribution in [0.1, 0.15) is 172 Å². The van der Waals surface area contributed by atoms with Crippen molar-refractivity contribution >= 4 is 17.5 Å². The standard InChI is InChI=1S/C29H52N2O5.C16H31NO3.2C2H6/c1-4-16-31(17-5-2)28(29(33)26-10-7-11-26)13-12-27(25-8-6-9-25)30-15-19-35-21-23-36-22-20-34-18-14-24(3)32;1-5-13(3)7-9-17(12-14(4)18)10-8-15(6-2)11-16(19)20;2*1-2/h26,28,30H,4-23H2,1-3H3;13,15,18H,4-12H2,1-3H3,(H,19,20);2*1-2H3. The minimum Gasteiger partial charge on any atom is -0.512 e. The van der Waals surface area contributed by atoms with E-state index < -0.39 is 5.97 Å². The number of hydrogen-bond donors (Lipinski definition) is 3. The van der Waals surface area contributed by atoms with E-state index in [1.807, 2.05) is 34.6 Å². The van der Waals surface area contributed by atoms with Crippen LogP contribution < -0.4 is 5.32 Å². The summed E-state index contributed by atoms with van der Waals surface area (Å²) in [5.74, 6) is 1.27. The highest BCUT2D eigenvalue weighted by Crippen LogP contribution is 2.33. The Morgan fingerprint density at radius 3 is 1.78 bits per heavy atom. The molecule has 0 aliphatic heterocycles. The van der Waals surface area contributed by atoms with E-state index in [0.29, 0.717) is 70.2 Å². The van der Waals surface area contributed by atoms with Gasteiger partial charge >= 0.3 is 5.97 Å². The zero-order valence-corrected chi connectivity index (χ0v) is 40.6. The number of Topliss-reactive ketones (excluding diaryl/α,β-unsaturated/α-hetero) is 2. The van der Waals surface area contributed by atoms with Crippen LogP contribution in [0.3, 0.4) is 0 Å². The Kier molecular flexibility index (Phi) is 40.6. The molecule has 2 aliphatic rings. The highest BCUT2D eigenvalue weighted by atomic mass is 16.5. The number of allylic oxidation sites excluding steroid dienone is 2. The number of carbonyl (C=O) groups excluding carboxylic acids is 2.